The van der Waals surface area contributed by atoms with Gasteiger partial charge in [0, 0.05) is 10.7 Å². The first-order valence-corrected chi connectivity index (χ1v) is 6.52. The van der Waals surface area contributed by atoms with Crippen molar-refractivity contribution in [2.45, 2.75) is 6.54 Å². The Hall–Kier alpha value is -2.47. The third-order valence-corrected chi connectivity index (χ3v) is 2.96. The fourth-order valence-corrected chi connectivity index (χ4v) is 1.81. The lowest BCUT2D eigenvalue weighted by atomic mass is 10.3. The normalized spacial score (nSPS) is 10.6. The van der Waals surface area contributed by atoms with Gasteiger partial charge in [-0.2, -0.15) is 4.98 Å². The summed E-state index contributed by atoms with van der Waals surface area (Å²) in [6, 6.07) is 10.1. The van der Waals surface area contributed by atoms with Gasteiger partial charge in [0.15, 0.2) is 0 Å². The molecule has 0 aliphatic rings. The van der Waals surface area contributed by atoms with Gasteiger partial charge in [-0.25, -0.2) is 9.37 Å². The van der Waals surface area contributed by atoms with E-state index in [1.165, 1.54) is 12.1 Å². The molecule has 0 spiro atoms. The quantitative estimate of drug-likeness (QED) is 0.798. The number of pyridine rings is 1. The summed E-state index contributed by atoms with van der Waals surface area (Å²) >= 11 is 5.81. The van der Waals surface area contributed by atoms with Crippen molar-refractivity contribution in [3.8, 4) is 11.5 Å². The zero-order valence-corrected chi connectivity index (χ0v) is 11.5. The number of anilines is 1. The van der Waals surface area contributed by atoms with Crippen LogP contribution >= 0.6 is 11.6 Å². The fraction of sp³-hybridized carbons (Fsp3) is 0.0714. The molecule has 0 atom stereocenters. The molecular weight excluding hydrogens is 295 g/mol. The first-order chi connectivity index (χ1) is 10.2. The zero-order valence-electron chi connectivity index (χ0n) is 10.8. The van der Waals surface area contributed by atoms with Crippen molar-refractivity contribution in [2.24, 2.45) is 0 Å². The fourth-order valence-electron chi connectivity index (χ4n) is 1.68. The highest BCUT2D eigenvalue weighted by molar-refractivity contribution is 6.30. The summed E-state index contributed by atoms with van der Waals surface area (Å²) in [4.78, 5) is 8.09. The van der Waals surface area contributed by atoms with Crippen molar-refractivity contribution in [2.75, 3.05) is 5.32 Å². The average Bonchev–Trinajstić information content (AvgIpc) is 2.96. The van der Waals surface area contributed by atoms with Crippen LogP contribution in [-0.4, -0.2) is 15.1 Å². The van der Waals surface area contributed by atoms with Crippen LogP contribution in [0.1, 0.15) is 5.89 Å². The monoisotopic (exact) mass is 304 g/mol. The molecule has 7 heteroatoms. The smallest absolute Gasteiger partial charge is 0.246 e. The van der Waals surface area contributed by atoms with E-state index < -0.39 is 5.82 Å². The Morgan fingerprint density at radius 1 is 1.14 bits per heavy atom. The molecule has 2 aromatic heterocycles. The second kappa shape index (κ2) is 5.88. The summed E-state index contributed by atoms with van der Waals surface area (Å²) in [5.41, 5.74) is 1.34. The predicted octanol–water partition coefficient (Wildman–Crippen LogP) is 3.54. The van der Waals surface area contributed by atoms with Gasteiger partial charge in [0.25, 0.3) is 0 Å². The molecule has 0 unspecified atom stereocenters. The number of aromatic nitrogens is 3. The highest BCUT2D eigenvalue weighted by Gasteiger charge is 2.09. The third-order valence-electron chi connectivity index (χ3n) is 2.71. The SMILES string of the molecule is Fc1ccc(-c2noc(CNc3ccc(Cl)cc3)n2)nc1. The maximum absolute atomic E-state index is 12.8. The Kier molecular flexibility index (Phi) is 3.79. The number of nitrogens with one attached hydrogen (secondary N) is 1. The Labute approximate surface area is 124 Å². The highest BCUT2D eigenvalue weighted by Crippen LogP contribution is 2.16. The van der Waals surface area contributed by atoms with Crippen molar-refractivity contribution in [1.82, 2.24) is 15.1 Å². The molecular formula is C14H10ClFN4O. The van der Waals surface area contributed by atoms with E-state index in [1.54, 1.807) is 12.1 Å². The second-order valence-electron chi connectivity index (χ2n) is 4.23. The Morgan fingerprint density at radius 3 is 2.67 bits per heavy atom. The van der Waals surface area contributed by atoms with Crippen molar-refractivity contribution in [3.05, 3.63) is 59.3 Å². The van der Waals surface area contributed by atoms with Crippen LogP contribution in [0.25, 0.3) is 11.5 Å². The largest absolute Gasteiger partial charge is 0.376 e. The molecule has 106 valence electrons. The van der Waals surface area contributed by atoms with Crippen molar-refractivity contribution in [1.29, 1.82) is 0 Å². The molecule has 1 aromatic carbocycles. The molecule has 5 nitrogen and oxygen atoms in total. The lowest BCUT2D eigenvalue weighted by molar-refractivity contribution is 0.384. The molecule has 0 radical (unpaired) electrons. The Morgan fingerprint density at radius 2 is 1.95 bits per heavy atom. The van der Waals surface area contributed by atoms with E-state index in [1.807, 2.05) is 12.1 Å². The molecule has 21 heavy (non-hydrogen) atoms. The van der Waals surface area contributed by atoms with Gasteiger partial charge in [0.2, 0.25) is 11.7 Å². The summed E-state index contributed by atoms with van der Waals surface area (Å²) in [7, 11) is 0. The first kappa shape index (κ1) is 13.5. The Balaban J connectivity index is 1.67. The number of nitrogens with zero attached hydrogens (tertiary/aromatic N) is 3. The van der Waals surface area contributed by atoms with Gasteiger partial charge in [0.1, 0.15) is 11.5 Å². The van der Waals surface area contributed by atoms with Crippen molar-refractivity contribution in [3.63, 3.8) is 0 Å². The maximum Gasteiger partial charge on any atom is 0.246 e. The number of benzene rings is 1. The maximum atomic E-state index is 12.8. The van der Waals surface area contributed by atoms with Gasteiger partial charge >= 0.3 is 0 Å². The van der Waals surface area contributed by atoms with Crippen LogP contribution < -0.4 is 5.32 Å². The molecule has 3 rings (SSSR count). The van der Waals surface area contributed by atoms with Crippen LogP contribution in [0.5, 0.6) is 0 Å². The highest BCUT2D eigenvalue weighted by atomic mass is 35.5. The average molecular weight is 305 g/mol. The van der Waals surface area contributed by atoms with E-state index >= 15 is 0 Å². The van der Waals surface area contributed by atoms with Crippen LogP contribution in [-0.2, 0) is 6.54 Å². The number of hydrogen-bond acceptors (Lipinski definition) is 5. The van der Waals surface area contributed by atoms with Gasteiger partial charge < -0.3 is 9.84 Å². The lowest BCUT2D eigenvalue weighted by Gasteiger charge is -2.02. The summed E-state index contributed by atoms with van der Waals surface area (Å²) < 4.78 is 17.9. The van der Waals surface area contributed by atoms with Crippen LogP contribution in [0, 0.1) is 5.82 Å². The molecule has 0 bridgehead atoms. The van der Waals surface area contributed by atoms with Crippen LogP contribution in [0.3, 0.4) is 0 Å². The standard InChI is InChI=1S/C14H10ClFN4O/c15-9-1-4-11(5-2-9)17-8-13-19-14(20-21-13)12-6-3-10(16)7-18-12/h1-7,17H,8H2. The molecule has 2 heterocycles. The minimum atomic E-state index is -0.410. The predicted molar refractivity (Wildman–Crippen MR) is 76.3 cm³/mol. The van der Waals surface area contributed by atoms with Gasteiger partial charge in [0.05, 0.1) is 12.7 Å². The van der Waals surface area contributed by atoms with Gasteiger partial charge in [-0.15, -0.1) is 0 Å². The summed E-state index contributed by atoms with van der Waals surface area (Å²) in [5.74, 6) is 0.320. The summed E-state index contributed by atoms with van der Waals surface area (Å²) in [6.07, 6.45) is 1.11. The number of hydrogen-bond donors (Lipinski definition) is 1. The van der Waals surface area contributed by atoms with E-state index in [4.69, 9.17) is 16.1 Å². The van der Waals surface area contributed by atoms with Gasteiger partial charge in [-0.05, 0) is 36.4 Å². The molecule has 0 fully saturated rings. The molecule has 0 aliphatic heterocycles. The molecule has 3 aromatic rings. The minimum absolute atomic E-state index is 0.322. The number of halogens is 2. The lowest BCUT2D eigenvalue weighted by Crippen LogP contribution is -1.99. The molecule has 0 saturated heterocycles. The topological polar surface area (TPSA) is 63.8 Å². The summed E-state index contributed by atoms with van der Waals surface area (Å²) in [6.45, 7) is 0.371. The second-order valence-corrected chi connectivity index (χ2v) is 4.67. The van der Waals surface area contributed by atoms with E-state index in [0.717, 1.165) is 11.9 Å². The van der Waals surface area contributed by atoms with Gasteiger partial charge in [-0.1, -0.05) is 16.8 Å². The summed E-state index contributed by atoms with van der Waals surface area (Å²) in [5, 5.41) is 7.61. The zero-order chi connectivity index (χ0) is 14.7. The van der Waals surface area contributed by atoms with Crippen LogP contribution in [0.4, 0.5) is 10.1 Å². The van der Waals surface area contributed by atoms with Crippen molar-refractivity contribution >= 4 is 17.3 Å². The van der Waals surface area contributed by atoms with Gasteiger partial charge in [-0.3, -0.25) is 0 Å². The van der Waals surface area contributed by atoms with Crippen molar-refractivity contribution < 1.29 is 8.91 Å². The van der Waals surface area contributed by atoms with E-state index in [-0.39, 0.29) is 0 Å². The van der Waals surface area contributed by atoms with E-state index in [0.29, 0.717) is 29.0 Å². The Bertz CT molecular complexity index is 727. The number of rotatable bonds is 4. The van der Waals surface area contributed by atoms with E-state index in [9.17, 15) is 4.39 Å². The third kappa shape index (κ3) is 3.35. The van der Waals surface area contributed by atoms with Crippen LogP contribution in [0.2, 0.25) is 5.02 Å². The molecule has 0 saturated carbocycles. The molecule has 1 N–H and O–H groups in total. The first-order valence-electron chi connectivity index (χ1n) is 6.15. The molecule has 0 amide bonds. The van der Waals surface area contributed by atoms with Crippen LogP contribution in [0.15, 0.2) is 47.1 Å². The minimum Gasteiger partial charge on any atom is -0.376 e. The molecule has 0 aliphatic carbocycles. The van der Waals surface area contributed by atoms with E-state index in [2.05, 4.69) is 20.4 Å².